The van der Waals surface area contributed by atoms with Crippen molar-refractivity contribution in [3.8, 4) is 6.07 Å². The summed E-state index contributed by atoms with van der Waals surface area (Å²) in [6, 6.07) is 10.4. The molecule has 2 rings (SSSR count). The summed E-state index contributed by atoms with van der Waals surface area (Å²) in [5, 5.41) is 18.8. The number of nitrogens with one attached hydrogen (secondary N) is 1. The number of thiophene rings is 1. The van der Waals surface area contributed by atoms with Gasteiger partial charge in [0.05, 0.1) is 10.5 Å². The minimum absolute atomic E-state index is 0.111. The van der Waals surface area contributed by atoms with Crippen LogP contribution in [0.1, 0.15) is 16.0 Å². The number of nitrogens with zero attached hydrogens (tertiary/aromatic N) is 1. The van der Waals surface area contributed by atoms with Crippen molar-refractivity contribution < 1.29 is 8.42 Å². The summed E-state index contributed by atoms with van der Waals surface area (Å²) in [6.45, 7) is 1.16. The first kappa shape index (κ1) is 14.7. The van der Waals surface area contributed by atoms with Gasteiger partial charge in [-0.1, -0.05) is 12.1 Å². The molecule has 1 aromatic heterocycles. The number of benzene rings is 1. The Balaban J connectivity index is 1.96. The minimum Gasteiger partial charge on any atom is -0.308 e. The van der Waals surface area contributed by atoms with E-state index in [-0.39, 0.29) is 4.90 Å². The molecule has 0 aliphatic rings. The van der Waals surface area contributed by atoms with Crippen LogP contribution in [0.3, 0.4) is 0 Å². The van der Waals surface area contributed by atoms with Gasteiger partial charge in [-0.05, 0) is 23.8 Å². The molecule has 7 heteroatoms. The molecule has 0 atom stereocenters. The number of hydrogen-bond acceptors (Lipinski definition) is 5. The molecule has 0 radical (unpaired) electrons. The van der Waals surface area contributed by atoms with E-state index in [1.165, 1.54) is 17.4 Å². The van der Waals surface area contributed by atoms with Crippen LogP contribution in [-0.4, -0.2) is 8.42 Å². The second-order valence-corrected chi connectivity index (χ2v) is 6.77. The van der Waals surface area contributed by atoms with Crippen LogP contribution >= 0.6 is 11.3 Å². The van der Waals surface area contributed by atoms with Gasteiger partial charge in [-0.15, -0.1) is 11.3 Å². The van der Waals surface area contributed by atoms with Crippen LogP contribution in [-0.2, 0) is 23.1 Å². The predicted molar refractivity (Wildman–Crippen MR) is 77.4 cm³/mol. The van der Waals surface area contributed by atoms with Crippen molar-refractivity contribution in [2.75, 3.05) is 0 Å². The van der Waals surface area contributed by atoms with E-state index >= 15 is 0 Å². The Bertz CT molecular complexity index is 745. The molecule has 0 aliphatic heterocycles. The molecule has 3 N–H and O–H groups in total. The van der Waals surface area contributed by atoms with E-state index < -0.39 is 10.0 Å². The van der Waals surface area contributed by atoms with E-state index in [0.29, 0.717) is 18.7 Å². The third-order valence-corrected chi connectivity index (χ3v) is 4.49. The molecule has 0 saturated carbocycles. The van der Waals surface area contributed by atoms with Crippen molar-refractivity contribution in [1.82, 2.24) is 5.32 Å². The van der Waals surface area contributed by atoms with Crippen LogP contribution in [0.4, 0.5) is 0 Å². The Morgan fingerprint density at radius 3 is 2.75 bits per heavy atom. The van der Waals surface area contributed by atoms with Gasteiger partial charge >= 0.3 is 0 Å². The van der Waals surface area contributed by atoms with Crippen LogP contribution in [0.15, 0.2) is 40.6 Å². The van der Waals surface area contributed by atoms with Gasteiger partial charge in [-0.3, -0.25) is 0 Å². The average Bonchev–Trinajstić information content (AvgIpc) is 2.86. The van der Waals surface area contributed by atoms with Gasteiger partial charge in [-0.25, -0.2) is 13.6 Å². The lowest BCUT2D eigenvalue weighted by Gasteiger charge is -2.05. The quantitative estimate of drug-likeness (QED) is 0.876. The van der Waals surface area contributed by atoms with E-state index in [4.69, 9.17) is 10.4 Å². The molecule has 0 amide bonds. The smallest absolute Gasteiger partial charge is 0.238 e. The predicted octanol–water partition coefficient (Wildman–Crippen LogP) is 1.56. The lowest BCUT2D eigenvalue weighted by molar-refractivity contribution is 0.597. The highest BCUT2D eigenvalue weighted by Gasteiger charge is 2.07. The van der Waals surface area contributed by atoms with Crippen molar-refractivity contribution >= 4 is 21.4 Å². The molecule has 1 heterocycles. The maximum absolute atomic E-state index is 11.2. The maximum Gasteiger partial charge on any atom is 0.238 e. The van der Waals surface area contributed by atoms with Gasteiger partial charge in [-0.2, -0.15) is 5.26 Å². The van der Waals surface area contributed by atoms with Gasteiger partial charge in [0, 0.05) is 23.3 Å². The fourth-order valence-electron chi connectivity index (χ4n) is 1.69. The van der Waals surface area contributed by atoms with E-state index in [1.807, 2.05) is 12.1 Å². The van der Waals surface area contributed by atoms with Gasteiger partial charge in [0.25, 0.3) is 0 Å². The fourth-order valence-corrected chi connectivity index (χ4v) is 3.06. The highest BCUT2D eigenvalue weighted by Crippen LogP contribution is 2.14. The van der Waals surface area contributed by atoms with Crippen LogP contribution in [0.5, 0.6) is 0 Å². The third kappa shape index (κ3) is 3.88. The van der Waals surface area contributed by atoms with E-state index in [2.05, 4.69) is 11.4 Å². The molecule has 0 bridgehead atoms. The van der Waals surface area contributed by atoms with Gasteiger partial charge in [0.2, 0.25) is 10.0 Å². The van der Waals surface area contributed by atoms with E-state index in [1.54, 1.807) is 17.5 Å². The summed E-state index contributed by atoms with van der Waals surface area (Å²) < 4.78 is 22.5. The highest BCUT2D eigenvalue weighted by molar-refractivity contribution is 7.89. The van der Waals surface area contributed by atoms with Gasteiger partial charge in [0.1, 0.15) is 6.07 Å². The monoisotopic (exact) mass is 307 g/mol. The zero-order valence-corrected chi connectivity index (χ0v) is 12.2. The Morgan fingerprint density at radius 2 is 2.10 bits per heavy atom. The van der Waals surface area contributed by atoms with Crippen LogP contribution in [0.2, 0.25) is 0 Å². The van der Waals surface area contributed by atoms with Crippen molar-refractivity contribution in [2.24, 2.45) is 5.14 Å². The van der Waals surface area contributed by atoms with E-state index in [0.717, 1.165) is 10.4 Å². The summed E-state index contributed by atoms with van der Waals surface area (Å²) in [6.07, 6.45) is 0. The summed E-state index contributed by atoms with van der Waals surface area (Å²) in [4.78, 5) is 1.17. The SMILES string of the molecule is N#Cc1csc(CNCc2cccc(S(N)(=O)=O)c2)c1. The van der Waals surface area contributed by atoms with Crippen LogP contribution < -0.4 is 10.5 Å². The van der Waals surface area contributed by atoms with Crippen molar-refractivity contribution in [1.29, 1.82) is 5.26 Å². The lowest BCUT2D eigenvalue weighted by atomic mass is 10.2. The van der Waals surface area contributed by atoms with Gasteiger partial charge < -0.3 is 5.32 Å². The molecule has 1 aromatic carbocycles. The number of sulfonamides is 1. The van der Waals surface area contributed by atoms with E-state index in [9.17, 15) is 8.42 Å². The number of rotatable bonds is 5. The molecular weight excluding hydrogens is 294 g/mol. The van der Waals surface area contributed by atoms with Crippen molar-refractivity contribution in [3.63, 3.8) is 0 Å². The molecule has 20 heavy (non-hydrogen) atoms. The first-order valence-electron chi connectivity index (χ1n) is 5.79. The molecule has 0 aliphatic carbocycles. The third-order valence-electron chi connectivity index (χ3n) is 2.64. The average molecular weight is 307 g/mol. The second-order valence-electron chi connectivity index (χ2n) is 4.21. The van der Waals surface area contributed by atoms with Crippen LogP contribution in [0, 0.1) is 11.3 Å². The zero-order valence-electron chi connectivity index (χ0n) is 10.5. The van der Waals surface area contributed by atoms with Gasteiger partial charge in [0.15, 0.2) is 0 Å². The number of hydrogen-bond donors (Lipinski definition) is 2. The highest BCUT2D eigenvalue weighted by atomic mass is 32.2. The number of nitriles is 1. The Morgan fingerprint density at radius 1 is 1.30 bits per heavy atom. The maximum atomic E-state index is 11.2. The van der Waals surface area contributed by atoms with Crippen molar-refractivity contribution in [2.45, 2.75) is 18.0 Å². The largest absolute Gasteiger partial charge is 0.308 e. The molecule has 2 aromatic rings. The summed E-state index contributed by atoms with van der Waals surface area (Å²) in [5.41, 5.74) is 1.50. The number of primary sulfonamides is 1. The van der Waals surface area contributed by atoms with Crippen molar-refractivity contribution in [3.05, 3.63) is 51.7 Å². The molecular formula is C13H13N3O2S2. The Kier molecular flexibility index (Phi) is 4.52. The summed E-state index contributed by atoms with van der Waals surface area (Å²) in [7, 11) is -3.66. The molecule has 0 spiro atoms. The lowest BCUT2D eigenvalue weighted by Crippen LogP contribution is -2.14. The molecule has 0 saturated heterocycles. The fraction of sp³-hybridized carbons (Fsp3) is 0.154. The Hall–Kier alpha value is -1.72. The standard InChI is InChI=1S/C13H13N3O2S2/c14-6-11-4-12(19-9-11)8-16-7-10-2-1-3-13(5-10)20(15,17)18/h1-5,9,16H,7-8H2,(H2,15,17,18). The minimum atomic E-state index is -3.66. The molecule has 104 valence electrons. The normalized spacial score (nSPS) is 11.2. The zero-order chi connectivity index (χ0) is 14.6. The molecule has 0 fully saturated rings. The Labute approximate surface area is 121 Å². The molecule has 5 nitrogen and oxygen atoms in total. The number of nitrogens with two attached hydrogens (primary N) is 1. The molecule has 0 unspecified atom stereocenters. The second kappa shape index (κ2) is 6.15. The topological polar surface area (TPSA) is 96.0 Å². The summed E-state index contributed by atoms with van der Waals surface area (Å²) in [5.74, 6) is 0. The first-order valence-corrected chi connectivity index (χ1v) is 8.21. The first-order chi connectivity index (χ1) is 9.49. The van der Waals surface area contributed by atoms with Crippen LogP contribution in [0.25, 0.3) is 0 Å². The summed E-state index contributed by atoms with van der Waals surface area (Å²) >= 11 is 1.52.